The predicted molar refractivity (Wildman–Crippen MR) is 129 cm³/mol. The van der Waals surface area contributed by atoms with Gasteiger partial charge in [-0.05, 0) is 71.2 Å². The third-order valence-electron chi connectivity index (χ3n) is 6.35. The molecule has 2 aromatic rings. The van der Waals surface area contributed by atoms with Gasteiger partial charge in [0.25, 0.3) is 0 Å². The smallest absolute Gasteiger partial charge is 0.195 e. The highest BCUT2D eigenvalue weighted by molar-refractivity contribution is 5.87. The van der Waals surface area contributed by atoms with Crippen LogP contribution in [0.25, 0.3) is 16.3 Å². The molecule has 162 valence electrons. The van der Waals surface area contributed by atoms with Crippen molar-refractivity contribution < 1.29 is 4.74 Å². The van der Waals surface area contributed by atoms with Gasteiger partial charge in [0, 0.05) is 19.3 Å². The van der Waals surface area contributed by atoms with Gasteiger partial charge in [0.2, 0.25) is 0 Å². The zero-order valence-corrected chi connectivity index (χ0v) is 18.3. The molecule has 1 aliphatic carbocycles. The van der Waals surface area contributed by atoms with Crippen molar-refractivity contribution in [2.24, 2.45) is 22.4 Å². The molecule has 0 spiro atoms. The number of rotatable bonds is 6. The quantitative estimate of drug-likeness (QED) is 0.316. The van der Waals surface area contributed by atoms with E-state index in [9.17, 15) is 0 Å². The number of nitrogens with zero attached hydrogens (tertiary/aromatic N) is 2. The van der Waals surface area contributed by atoms with E-state index >= 15 is 0 Å². The molecule has 5 nitrogen and oxygen atoms in total. The molecule has 2 fully saturated rings. The molecule has 0 bridgehead atoms. The van der Waals surface area contributed by atoms with Crippen molar-refractivity contribution in [2.75, 3.05) is 20.2 Å². The van der Waals surface area contributed by atoms with Gasteiger partial charge in [0.05, 0.1) is 13.2 Å². The maximum absolute atomic E-state index is 6.49. The van der Waals surface area contributed by atoms with Gasteiger partial charge >= 0.3 is 0 Å². The summed E-state index contributed by atoms with van der Waals surface area (Å²) in [6.07, 6.45) is 7.89. The van der Waals surface area contributed by atoms with Gasteiger partial charge in [0.1, 0.15) is 5.76 Å². The Balaban J connectivity index is 1.32. The molecular formula is C26H32N4O. The second-order valence-electron chi connectivity index (χ2n) is 8.41. The Hall–Kier alpha value is -3.05. The molecule has 1 saturated carbocycles. The molecule has 31 heavy (non-hydrogen) atoms. The fourth-order valence-electron chi connectivity index (χ4n) is 4.30. The SMILES string of the molecule is C=C(/C=C\N=C(N)N1CCC([C@@H](N)C(OC)=C2CC2)CC1)c1ccc2ccccc2c1. The van der Waals surface area contributed by atoms with E-state index in [1.54, 1.807) is 13.3 Å². The van der Waals surface area contributed by atoms with Crippen molar-refractivity contribution in [3.8, 4) is 0 Å². The van der Waals surface area contributed by atoms with Crippen LogP contribution in [0.4, 0.5) is 0 Å². The number of aliphatic imine (C=N–C) groups is 1. The summed E-state index contributed by atoms with van der Waals surface area (Å²) in [6, 6.07) is 14.7. The van der Waals surface area contributed by atoms with Crippen LogP contribution in [0.3, 0.4) is 0 Å². The molecule has 2 aromatic carbocycles. The van der Waals surface area contributed by atoms with E-state index in [2.05, 4.69) is 46.8 Å². The Bertz CT molecular complexity index is 1040. The minimum atomic E-state index is -0.00649. The molecule has 0 amide bonds. The lowest BCUT2D eigenvalue weighted by molar-refractivity contribution is 0.193. The topological polar surface area (TPSA) is 76.9 Å². The normalized spacial score (nSPS) is 18.5. The molecule has 0 unspecified atom stereocenters. The first-order chi connectivity index (χ1) is 15.1. The summed E-state index contributed by atoms with van der Waals surface area (Å²) >= 11 is 0. The van der Waals surface area contributed by atoms with Gasteiger partial charge in [-0.15, -0.1) is 0 Å². The van der Waals surface area contributed by atoms with E-state index in [4.69, 9.17) is 16.2 Å². The number of benzene rings is 2. The van der Waals surface area contributed by atoms with Crippen molar-refractivity contribution in [3.05, 3.63) is 78.2 Å². The van der Waals surface area contributed by atoms with Crippen LogP contribution in [0.2, 0.25) is 0 Å². The number of hydrogen-bond acceptors (Lipinski definition) is 3. The molecule has 0 radical (unpaired) electrons. The first-order valence-corrected chi connectivity index (χ1v) is 11.0. The van der Waals surface area contributed by atoms with Crippen molar-refractivity contribution in [3.63, 3.8) is 0 Å². The van der Waals surface area contributed by atoms with E-state index in [1.165, 1.54) is 16.3 Å². The highest BCUT2D eigenvalue weighted by atomic mass is 16.5. The van der Waals surface area contributed by atoms with Crippen LogP contribution in [0.1, 0.15) is 31.2 Å². The third-order valence-corrected chi connectivity index (χ3v) is 6.35. The average Bonchev–Trinajstić information content (AvgIpc) is 3.64. The van der Waals surface area contributed by atoms with Gasteiger partial charge in [0.15, 0.2) is 5.96 Å². The minimum absolute atomic E-state index is 0.00649. The Morgan fingerprint density at radius 1 is 1.16 bits per heavy atom. The number of allylic oxidation sites excluding steroid dienone is 3. The van der Waals surface area contributed by atoms with Crippen LogP contribution in [0.5, 0.6) is 0 Å². The van der Waals surface area contributed by atoms with Crippen LogP contribution in [-0.2, 0) is 4.74 Å². The second kappa shape index (κ2) is 9.40. The number of likely N-dealkylation sites (tertiary alicyclic amines) is 1. The van der Waals surface area contributed by atoms with Gasteiger partial charge < -0.3 is 21.1 Å². The lowest BCUT2D eigenvalue weighted by Gasteiger charge is -2.35. The summed E-state index contributed by atoms with van der Waals surface area (Å²) in [4.78, 5) is 6.58. The summed E-state index contributed by atoms with van der Waals surface area (Å²) in [5.41, 5.74) is 16.1. The van der Waals surface area contributed by atoms with Gasteiger partial charge in [-0.25, -0.2) is 4.99 Å². The van der Waals surface area contributed by atoms with Crippen molar-refractivity contribution in [1.29, 1.82) is 0 Å². The average molecular weight is 417 g/mol. The Morgan fingerprint density at radius 2 is 1.87 bits per heavy atom. The molecular weight excluding hydrogens is 384 g/mol. The summed E-state index contributed by atoms with van der Waals surface area (Å²) in [5.74, 6) is 1.98. The van der Waals surface area contributed by atoms with E-state index in [0.717, 1.165) is 55.7 Å². The number of hydrogen-bond donors (Lipinski definition) is 2. The van der Waals surface area contributed by atoms with Gasteiger partial charge in [-0.1, -0.05) is 43.0 Å². The summed E-state index contributed by atoms with van der Waals surface area (Å²) < 4.78 is 5.57. The van der Waals surface area contributed by atoms with E-state index in [1.807, 2.05) is 18.2 Å². The summed E-state index contributed by atoms with van der Waals surface area (Å²) in [5, 5.41) is 2.42. The Kier molecular flexibility index (Phi) is 6.42. The van der Waals surface area contributed by atoms with Crippen molar-refractivity contribution in [2.45, 2.75) is 31.7 Å². The standard InChI is InChI=1S/C26H32N4O/c1-18(22-10-7-19-5-3-4-6-23(19)17-22)11-14-29-26(28)30-15-12-20(13-16-30)24(27)25(31-2)21-8-9-21/h3-7,10-11,14,17,20,24H,1,8-9,12-13,15-16,27H2,2H3,(H2,28,29)/b14-11-/t24-/m1/s1. The Morgan fingerprint density at radius 3 is 2.55 bits per heavy atom. The predicted octanol–water partition coefficient (Wildman–Crippen LogP) is 4.42. The number of methoxy groups -OCH3 is 1. The number of fused-ring (bicyclic) bond motifs is 1. The number of guanidine groups is 1. The number of ether oxygens (including phenoxy) is 1. The lowest BCUT2D eigenvalue weighted by atomic mass is 9.88. The summed E-state index contributed by atoms with van der Waals surface area (Å²) in [7, 11) is 1.73. The molecule has 2 aliphatic rings. The van der Waals surface area contributed by atoms with E-state index < -0.39 is 0 Å². The monoisotopic (exact) mass is 416 g/mol. The molecule has 4 rings (SSSR count). The van der Waals surface area contributed by atoms with E-state index in [0.29, 0.717) is 11.9 Å². The molecule has 1 saturated heterocycles. The Labute approximate surface area is 184 Å². The number of nitrogens with two attached hydrogens (primary N) is 2. The van der Waals surface area contributed by atoms with E-state index in [-0.39, 0.29) is 6.04 Å². The molecule has 1 heterocycles. The van der Waals surface area contributed by atoms with Crippen LogP contribution >= 0.6 is 0 Å². The zero-order valence-electron chi connectivity index (χ0n) is 18.3. The molecule has 1 atom stereocenters. The third kappa shape index (κ3) is 5.00. The molecule has 0 aromatic heterocycles. The van der Waals surface area contributed by atoms with Crippen LogP contribution < -0.4 is 11.5 Å². The van der Waals surface area contributed by atoms with Crippen molar-refractivity contribution in [1.82, 2.24) is 4.90 Å². The molecule has 4 N–H and O–H groups in total. The largest absolute Gasteiger partial charge is 0.499 e. The van der Waals surface area contributed by atoms with Gasteiger partial charge in [-0.3, -0.25) is 0 Å². The maximum atomic E-state index is 6.49. The first-order valence-electron chi connectivity index (χ1n) is 11.0. The van der Waals surface area contributed by atoms with Gasteiger partial charge in [-0.2, -0.15) is 0 Å². The molecule has 1 aliphatic heterocycles. The lowest BCUT2D eigenvalue weighted by Crippen LogP contribution is -2.46. The second-order valence-corrected chi connectivity index (χ2v) is 8.41. The number of piperidine rings is 1. The fourth-order valence-corrected chi connectivity index (χ4v) is 4.30. The van der Waals surface area contributed by atoms with Crippen LogP contribution in [0, 0.1) is 5.92 Å². The zero-order chi connectivity index (χ0) is 21.8. The highest BCUT2D eigenvalue weighted by Gasteiger charge is 2.31. The molecule has 5 heteroatoms. The fraction of sp³-hybridized carbons (Fsp3) is 0.346. The van der Waals surface area contributed by atoms with Crippen LogP contribution in [-0.4, -0.2) is 37.1 Å². The first kappa shape index (κ1) is 21.2. The minimum Gasteiger partial charge on any atom is -0.499 e. The highest BCUT2D eigenvalue weighted by Crippen LogP contribution is 2.36. The van der Waals surface area contributed by atoms with Crippen LogP contribution in [0.15, 0.2) is 77.6 Å². The maximum Gasteiger partial charge on any atom is 0.195 e. The summed E-state index contributed by atoms with van der Waals surface area (Å²) in [6.45, 7) is 5.89. The van der Waals surface area contributed by atoms with Crippen molar-refractivity contribution >= 4 is 22.3 Å².